The Kier molecular flexibility index (Phi) is 7.09. The number of rotatable bonds is 8. The van der Waals surface area contributed by atoms with Crippen molar-refractivity contribution in [3.05, 3.63) is 39.2 Å². The number of hydrogen-bond donors (Lipinski definition) is 1. The van der Waals surface area contributed by atoms with E-state index in [1.165, 1.54) is 6.07 Å². The van der Waals surface area contributed by atoms with Gasteiger partial charge in [-0.1, -0.05) is 38.3 Å². The van der Waals surface area contributed by atoms with Crippen molar-refractivity contribution in [3.8, 4) is 5.75 Å². The minimum Gasteiger partial charge on any atom is -0.482 e. The Labute approximate surface area is 158 Å². The summed E-state index contributed by atoms with van der Waals surface area (Å²) in [7, 11) is 0. The van der Waals surface area contributed by atoms with Gasteiger partial charge in [0.05, 0.1) is 5.02 Å². The number of ether oxygens (including phenoxy) is 1. The van der Waals surface area contributed by atoms with Crippen LogP contribution in [0.25, 0.3) is 11.0 Å². The van der Waals surface area contributed by atoms with Gasteiger partial charge in [0.1, 0.15) is 11.3 Å². The topological polar surface area (TPSA) is 68.5 Å². The number of hydrogen-bond acceptors (Lipinski definition) is 4. The van der Waals surface area contributed by atoms with Gasteiger partial charge in [0.25, 0.3) is 5.91 Å². The van der Waals surface area contributed by atoms with Gasteiger partial charge in [-0.3, -0.25) is 4.79 Å². The van der Waals surface area contributed by atoms with Crippen LogP contribution in [0.5, 0.6) is 5.75 Å². The fourth-order valence-corrected chi connectivity index (χ4v) is 3.01. The van der Waals surface area contributed by atoms with Crippen LogP contribution in [0, 0.1) is 12.8 Å². The number of halogens is 1. The molecule has 0 saturated heterocycles. The molecule has 1 atom stereocenters. The number of benzene rings is 1. The second-order valence-corrected chi connectivity index (χ2v) is 7.52. The summed E-state index contributed by atoms with van der Waals surface area (Å²) in [5.41, 5.74) is 0.728. The number of carbonyl (C=O) groups excluding carboxylic acids is 1. The van der Waals surface area contributed by atoms with Gasteiger partial charge in [-0.2, -0.15) is 0 Å². The highest BCUT2D eigenvalue weighted by Crippen LogP contribution is 2.30. The lowest BCUT2D eigenvalue weighted by molar-refractivity contribution is -0.123. The first kappa shape index (κ1) is 20.3. The summed E-state index contributed by atoms with van der Waals surface area (Å²) in [6, 6.07) is 4.73. The number of carbonyl (C=O) groups is 1. The summed E-state index contributed by atoms with van der Waals surface area (Å²) in [5, 5.41) is 4.03. The van der Waals surface area contributed by atoms with Gasteiger partial charge in [-0.15, -0.1) is 0 Å². The Balaban J connectivity index is 1.95. The van der Waals surface area contributed by atoms with E-state index in [1.54, 1.807) is 12.1 Å². The van der Waals surface area contributed by atoms with Crippen LogP contribution in [0.1, 0.15) is 45.6 Å². The minimum atomic E-state index is -0.434. The van der Waals surface area contributed by atoms with Gasteiger partial charge in [0.15, 0.2) is 6.61 Å². The van der Waals surface area contributed by atoms with Gasteiger partial charge >= 0.3 is 5.63 Å². The van der Waals surface area contributed by atoms with Crippen molar-refractivity contribution in [2.24, 2.45) is 5.92 Å². The SMILES string of the molecule is Cc1cc(=O)oc2cc(OCC(=O)N[C@H](C)CCCC(C)C)c(Cl)cc12. The minimum absolute atomic E-state index is 0.0950. The molecule has 1 N–H and O–H groups in total. The first-order valence-corrected chi connectivity index (χ1v) is 9.30. The summed E-state index contributed by atoms with van der Waals surface area (Å²) in [6.07, 6.45) is 3.16. The fourth-order valence-electron chi connectivity index (χ4n) is 2.79. The van der Waals surface area contributed by atoms with Crippen LogP contribution >= 0.6 is 11.6 Å². The first-order chi connectivity index (χ1) is 12.3. The Morgan fingerprint density at radius 3 is 2.65 bits per heavy atom. The summed E-state index contributed by atoms with van der Waals surface area (Å²) in [6.45, 7) is 8.03. The number of aryl methyl sites for hydroxylation is 1. The monoisotopic (exact) mass is 379 g/mol. The molecular formula is C20H26ClNO4. The Morgan fingerprint density at radius 1 is 1.23 bits per heavy atom. The van der Waals surface area contributed by atoms with Crippen molar-refractivity contribution in [1.82, 2.24) is 5.32 Å². The zero-order chi connectivity index (χ0) is 19.3. The zero-order valence-corrected chi connectivity index (χ0v) is 16.5. The van der Waals surface area contributed by atoms with Crippen LogP contribution in [0.15, 0.2) is 27.4 Å². The van der Waals surface area contributed by atoms with E-state index in [9.17, 15) is 9.59 Å². The Morgan fingerprint density at radius 2 is 1.96 bits per heavy atom. The van der Waals surface area contributed by atoms with Gasteiger partial charge in [0, 0.05) is 23.6 Å². The molecule has 2 rings (SSSR count). The largest absolute Gasteiger partial charge is 0.482 e. The molecule has 1 amide bonds. The molecule has 1 heterocycles. The molecule has 0 fully saturated rings. The molecule has 0 aliphatic carbocycles. The third-order valence-corrected chi connectivity index (χ3v) is 4.48. The van der Waals surface area contributed by atoms with Crippen LogP contribution in [0.3, 0.4) is 0 Å². The van der Waals surface area contributed by atoms with E-state index in [1.807, 2.05) is 13.8 Å². The molecule has 0 radical (unpaired) electrons. The molecule has 142 valence electrons. The smallest absolute Gasteiger partial charge is 0.336 e. The highest BCUT2D eigenvalue weighted by atomic mass is 35.5. The lowest BCUT2D eigenvalue weighted by Crippen LogP contribution is -2.36. The van der Waals surface area contributed by atoms with E-state index in [0.717, 1.165) is 30.2 Å². The summed E-state index contributed by atoms with van der Waals surface area (Å²) < 4.78 is 10.7. The lowest BCUT2D eigenvalue weighted by atomic mass is 10.0. The number of amides is 1. The number of fused-ring (bicyclic) bond motifs is 1. The van der Waals surface area contributed by atoms with Gasteiger partial charge < -0.3 is 14.5 Å². The van der Waals surface area contributed by atoms with E-state index in [4.69, 9.17) is 20.8 Å². The standard InChI is InChI=1S/C20H26ClNO4/c1-12(2)6-5-7-14(4)22-19(23)11-25-18-10-17-15(9-16(18)21)13(3)8-20(24)26-17/h8-10,12,14H,5-7,11H2,1-4H3,(H,22,23)/t14-/m1/s1. The quantitative estimate of drug-likeness (QED) is 0.687. The van der Waals surface area contributed by atoms with Crippen molar-refractivity contribution >= 4 is 28.5 Å². The lowest BCUT2D eigenvalue weighted by Gasteiger charge is -2.15. The van der Waals surface area contributed by atoms with Crippen molar-refractivity contribution in [2.75, 3.05) is 6.61 Å². The van der Waals surface area contributed by atoms with Crippen LogP contribution in [0.4, 0.5) is 0 Å². The predicted molar refractivity (Wildman–Crippen MR) is 104 cm³/mol. The molecule has 26 heavy (non-hydrogen) atoms. The molecule has 0 bridgehead atoms. The van der Waals surface area contributed by atoms with Crippen molar-refractivity contribution in [1.29, 1.82) is 0 Å². The van der Waals surface area contributed by atoms with E-state index in [0.29, 0.717) is 22.3 Å². The highest BCUT2D eigenvalue weighted by molar-refractivity contribution is 6.32. The van der Waals surface area contributed by atoms with E-state index in [2.05, 4.69) is 19.2 Å². The molecule has 0 aliphatic rings. The fraction of sp³-hybridized carbons (Fsp3) is 0.500. The summed E-state index contributed by atoms with van der Waals surface area (Å²) >= 11 is 6.23. The normalized spacial score (nSPS) is 12.4. The molecular weight excluding hydrogens is 354 g/mol. The van der Waals surface area contributed by atoms with Crippen LogP contribution in [-0.4, -0.2) is 18.6 Å². The Bertz CT molecular complexity index is 828. The van der Waals surface area contributed by atoms with Crippen molar-refractivity contribution < 1.29 is 13.9 Å². The zero-order valence-electron chi connectivity index (χ0n) is 15.7. The predicted octanol–water partition coefficient (Wildman–Crippen LogP) is 4.46. The average Bonchev–Trinajstić information content (AvgIpc) is 2.53. The molecule has 6 heteroatoms. The van der Waals surface area contributed by atoms with Crippen LogP contribution in [0.2, 0.25) is 5.02 Å². The van der Waals surface area contributed by atoms with Gasteiger partial charge in [-0.05, 0) is 37.8 Å². The van der Waals surface area contributed by atoms with E-state index >= 15 is 0 Å². The highest BCUT2D eigenvalue weighted by Gasteiger charge is 2.12. The third-order valence-electron chi connectivity index (χ3n) is 4.19. The van der Waals surface area contributed by atoms with Crippen LogP contribution < -0.4 is 15.7 Å². The summed E-state index contributed by atoms with van der Waals surface area (Å²) in [4.78, 5) is 23.6. The molecule has 0 saturated carbocycles. The van der Waals surface area contributed by atoms with Crippen molar-refractivity contribution in [2.45, 2.75) is 53.0 Å². The average molecular weight is 380 g/mol. The molecule has 0 aliphatic heterocycles. The molecule has 0 unspecified atom stereocenters. The second kappa shape index (κ2) is 9.08. The van der Waals surface area contributed by atoms with E-state index in [-0.39, 0.29) is 18.6 Å². The maximum atomic E-state index is 12.1. The first-order valence-electron chi connectivity index (χ1n) is 8.92. The summed E-state index contributed by atoms with van der Waals surface area (Å²) in [5.74, 6) is 0.777. The van der Waals surface area contributed by atoms with Crippen molar-refractivity contribution in [3.63, 3.8) is 0 Å². The maximum absolute atomic E-state index is 12.1. The molecule has 1 aromatic carbocycles. The van der Waals surface area contributed by atoms with E-state index < -0.39 is 5.63 Å². The van der Waals surface area contributed by atoms with Gasteiger partial charge in [-0.25, -0.2) is 4.79 Å². The second-order valence-electron chi connectivity index (χ2n) is 7.11. The molecule has 0 spiro atoms. The third kappa shape index (κ3) is 5.77. The molecule has 5 nitrogen and oxygen atoms in total. The maximum Gasteiger partial charge on any atom is 0.336 e. The molecule has 2 aromatic rings. The van der Waals surface area contributed by atoms with Crippen LogP contribution in [-0.2, 0) is 4.79 Å². The molecule has 1 aromatic heterocycles. The number of nitrogens with one attached hydrogen (secondary N) is 1. The Hall–Kier alpha value is -2.01. The van der Waals surface area contributed by atoms with Gasteiger partial charge in [0.2, 0.25) is 0 Å².